The maximum Gasteiger partial charge on any atom is 0.257 e. The molecular formula is C18H16ClIN4O2. The van der Waals surface area contributed by atoms with E-state index >= 15 is 0 Å². The topological polar surface area (TPSA) is 69.5 Å². The van der Waals surface area contributed by atoms with Crippen molar-refractivity contribution in [2.75, 3.05) is 38.2 Å². The maximum atomic E-state index is 12.9. The first-order valence-corrected chi connectivity index (χ1v) is 9.42. The van der Waals surface area contributed by atoms with E-state index in [0.717, 1.165) is 9.39 Å². The predicted molar refractivity (Wildman–Crippen MR) is 108 cm³/mol. The van der Waals surface area contributed by atoms with E-state index in [0.29, 0.717) is 48.1 Å². The van der Waals surface area contributed by atoms with Crippen molar-refractivity contribution in [3.8, 4) is 11.8 Å². The lowest BCUT2D eigenvalue weighted by atomic mass is 10.1. The third-order valence-corrected chi connectivity index (χ3v) is 5.76. The molecule has 0 saturated carbocycles. The van der Waals surface area contributed by atoms with Crippen molar-refractivity contribution in [1.29, 1.82) is 5.26 Å². The first-order chi connectivity index (χ1) is 12.5. The summed E-state index contributed by atoms with van der Waals surface area (Å²) in [4.78, 5) is 21.1. The molecule has 0 aliphatic carbocycles. The molecular weight excluding hydrogens is 467 g/mol. The van der Waals surface area contributed by atoms with E-state index in [9.17, 15) is 4.79 Å². The van der Waals surface area contributed by atoms with Crippen LogP contribution in [0.3, 0.4) is 0 Å². The van der Waals surface area contributed by atoms with Crippen LogP contribution in [0.4, 0.5) is 5.82 Å². The molecule has 134 valence electrons. The molecule has 3 rings (SSSR count). The quantitative estimate of drug-likeness (QED) is 0.629. The minimum atomic E-state index is -0.0986. The zero-order valence-corrected chi connectivity index (χ0v) is 17.0. The largest absolute Gasteiger partial charge is 0.496 e. The van der Waals surface area contributed by atoms with E-state index in [2.05, 4.69) is 38.5 Å². The summed E-state index contributed by atoms with van der Waals surface area (Å²) < 4.78 is 6.19. The summed E-state index contributed by atoms with van der Waals surface area (Å²) in [6.07, 6.45) is 1.63. The van der Waals surface area contributed by atoms with Gasteiger partial charge >= 0.3 is 0 Å². The number of aromatic nitrogens is 1. The Morgan fingerprint density at radius 2 is 2.04 bits per heavy atom. The number of anilines is 1. The molecule has 0 radical (unpaired) electrons. The van der Waals surface area contributed by atoms with Gasteiger partial charge in [-0.2, -0.15) is 5.26 Å². The van der Waals surface area contributed by atoms with Gasteiger partial charge in [0.25, 0.3) is 5.91 Å². The lowest BCUT2D eigenvalue weighted by Crippen LogP contribution is -2.49. The Balaban J connectivity index is 1.73. The Bertz CT molecular complexity index is 876. The highest BCUT2D eigenvalue weighted by molar-refractivity contribution is 14.1. The Hall–Kier alpha value is -2.05. The van der Waals surface area contributed by atoms with Gasteiger partial charge in [-0.3, -0.25) is 4.79 Å². The van der Waals surface area contributed by atoms with Gasteiger partial charge in [0.2, 0.25) is 0 Å². The number of rotatable bonds is 3. The standard InChI is InChI=1S/C18H16ClIN4O2/c1-26-16-10-15(20)14(19)9-13(16)18(25)24-6-4-23(5-7-24)17-8-12(11-21)2-3-22-17/h2-3,8-10H,4-7H2,1H3. The lowest BCUT2D eigenvalue weighted by molar-refractivity contribution is 0.0743. The smallest absolute Gasteiger partial charge is 0.257 e. The SMILES string of the molecule is COc1cc(I)c(Cl)cc1C(=O)N1CCN(c2cc(C#N)ccn2)CC1. The number of halogens is 2. The fourth-order valence-corrected chi connectivity index (χ4v) is 3.44. The first kappa shape index (κ1) is 18.7. The molecule has 0 bridgehead atoms. The third-order valence-electron chi connectivity index (χ3n) is 4.24. The van der Waals surface area contributed by atoms with Gasteiger partial charge in [-0.15, -0.1) is 0 Å². The van der Waals surface area contributed by atoms with Crippen molar-refractivity contribution in [1.82, 2.24) is 9.88 Å². The van der Waals surface area contributed by atoms with Gasteiger partial charge in [-0.05, 0) is 46.9 Å². The normalized spacial score (nSPS) is 14.1. The number of pyridine rings is 1. The molecule has 2 aromatic rings. The van der Waals surface area contributed by atoms with Crippen LogP contribution in [-0.4, -0.2) is 49.1 Å². The van der Waals surface area contributed by atoms with Gasteiger partial charge in [0.15, 0.2) is 0 Å². The Morgan fingerprint density at radius 1 is 1.31 bits per heavy atom. The van der Waals surface area contributed by atoms with Crippen LogP contribution in [0.1, 0.15) is 15.9 Å². The van der Waals surface area contributed by atoms with E-state index in [1.807, 2.05) is 0 Å². The molecule has 0 unspecified atom stereocenters. The van der Waals surface area contributed by atoms with E-state index in [-0.39, 0.29) is 5.91 Å². The lowest BCUT2D eigenvalue weighted by Gasteiger charge is -2.35. The van der Waals surface area contributed by atoms with Gasteiger partial charge in [0, 0.05) is 35.9 Å². The predicted octanol–water partition coefficient (Wildman–Crippen LogP) is 3.18. The summed E-state index contributed by atoms with van der Waals surface area (Å²) in [5.41, 5.74) is 1.04. The van der Waals surface area contributed by atoms with Crippen LogP contribution in [0.25, 0.3) is 0 Å². The molecule has 0 atom stereocenters. The van der Waals surface area contributed by atoms with Crippen LogP contribution < -0.4 is 9.64 Å². The fourth-order valence-electron chi connectivity index (χ4n) is 2.83. The van der Waals surface area contributed by atoms with E-state index < -0.39 is 0 Å². The van der Waals surface area contributed by atoms with Crippen molar-refractivity contribution >= 4 is 45.9 Å². The Morgan fingerprint density at radius 3 is 2.69 bits per heavy atom. The average Bonchev–Trinajstić information content (AvgIpc) is 2.69. The van der Waals surface area contributed by atoms with E-state index in [4.69, 9.17) is 21.6 Å². The minimum absolute atomic E-state index is 0.0986. The molecule has 1 aliphatic heterocycles. The number of piperazine rings is 1. The van der Waals surface area contributed by atoms with Crippen molar-refractivity contribution in [2.24, 2.45) is 0 Å². The van der Waals surface area contributed by atoms with Crippen LogP contribution in [0.2, 0.25) is 5.02 Å². The number of amides is 1. The number of nitriles is 1. The maximum absolute atomic E-state index is 12.9. The number of carbonyl (C=O) groups excluding carboxylic acids is 1. The van der Waals surface area contributed by atoms with Crippen molar-refractivity contribution in [3.05, 3.63) is 50.2 Å². The molecule has 0 spiro atoms. The molecule has 6 nitrogen and oxygen atoms in total. The summed E-state index contributed by atoms with van der Waals surface area (Å²) in [7, 11) is 1.54. The van der Waals surface area contributed by atoms with Crippen molar-refractivity contribution in [2.45, 2.75) is 0 Å². The van der Waals surface area contributed by atoms with Crippen molar-refractivity contribution < 1.29 is 9.53 Å². The number of hydrogen-bond acceptors (Lipinski definition) is 5. The minimum Gasteiger partial charge on any atom is -0.496 e. The van der Waals surface area contributed by atoms with E-state index in [1.165, 1.54) is 0 Å². The van der Waals surface area contributed by atoms with Crippen molar-refractivity contribution in [3.63, 3.8) is 0 Å². The second-order valence-electron chi connectivity index (χ2n) is 5.76. The molecule has 2 heterocycles. The highest BCUT2D eigenvalue weighted by atomic mass is 127. The molecule has 1 aromatic carbocycles. The second-order valence-corrected chi connectivity index (χ2v) is 7.33. The van der Waals surface area contributed by atoms with E-state index in [1.54, 1.807) is 42.5 Å². The molecule has 0 N–H and O–H groups in total. The van der Waals surface area contributed by atoms with Crippen LogP contribution >= 0.6 is 34.2 Å². The second kappa shape index (κ2) is 8.10. The number of hydrogen-bond donors (Lipinski definition) is 0. The highest BCUT2D eigenvalue weighted by Gasteiger charge is 2.25. The van der Waals surface area contributed by atoms with Crippen LogP contribution in [0, 0.1) is 14.9 Å². The summed E-state index contributed by atoms with van der Waals surface area (Å²) in [5, 5.41) is 9.55. The van der Waals surface area contributed by atoms with Gasteiger partial charge in [-0.25, -0.2) is 4.98 Å². The van der Waals surface area contributed by atoms with Gasteiger partial charge < -0.3 is 14.5 Å². The molecule has 8 heteroatoms. The number of methoxy groups -OCH3 is 1. The van der Waals surface area contributed by atoms with Gasteiger partial charge in [0.1, 0.15) is 11.6 Å². The molecule has 1 fully saturated rings. The third kappa shape index (κ3) is 3.86. The number of ether oxygens (including phenoxy) is 1. The molecule has 26 heavy (non-hydrogen) atoms. The number of benzene rings is 1. The Kier molecular flexibility index (Phi) is 5.84. The average molecular weight is 483 g/mol. The summed E-state index contributed by atoms with van der Waals surface area (Å²) in [5.74, 6) is 1.18. The van der Waals surface area contributed by atoms with Crippen LogP contribution in [-0.2, 0) is 0 Å². The monoisotopic (exact) mass is 482 g/mol. The number of nitrogens with zero attached hydrogens (tertiary/aromatic N) is 4. The molecule has 1 aromatic heterocycles. The van der Waals surface area contributed by atoms with Crippen LogP contribution in [0.15, 0.2) is 30.5 Å². The molecule has 1 saturated heterocycles. The molecule has 1 amide bonds. The first-order valence-electron chi connectivity index (χ1n) is 7.97. The highest BCUT2D eigenvalue weighted by Crippen LogP contribution is 2.29. The van der Waals surface area contributed by atoms with Gasteiger partial charge in [-0.1, -0.05) is 11.6 Å². The van der Waals surface area contributed by atoms with Gasteiger partial charge in [0.05, 0.1) is 29.3 Å². The number of carbonyl (C=O) groups is 1. The van der Waals surface area contributed by atoms with Crippen LogP contribution in [0.5, 0.6) is 5.75 Å². The fraction of sp³-hybridized carbons (Fsp3) is 0.278. The zero-order valence-electron chi connectivity index (χ0n) is 14.1. The summed E-state index contributed by atoms with van der Waals surface area (Å²) in [6, 6.07) is 8.99. The summed E-state index contributed by atoms with van der Waals surface area (Å²) >= 11 is 8.29. The Labute approximate surface area is 170 Å². The zero-order chi connectivity index (χ0) is 18.7. The summed E-state index contributed by atoms with van der Waals surface area (Å²) in [6.45, 7) is 2.41. The molecule has 1 aliphatic rings.